The van der Waals surface area contributed by atoms with E-state index in [1.165, 1.54) is 38.5 Å². The van der Waals surface area contributed by atoms with Gasteiger partial charge in [0.05, 0.1) is 0 Å². The van der Waals surface area contributed by atoms with Crippen molar-refractivity contribution in [2.45, 2.75) is 92.2 Å². The Morgan fingerprint density at radius 1 is 0.708 bits per heavy atom. The Bertz CT molecular complexity index is 368. The standard InChI is InChI=1S/2C10H19NO/c2*1-8(2)10(12)11-7-5-4-6-9(11)3/h2*8-9H,4-7H2,1-3H3/t2*9-/m10/s1. The van der Waals surface area contributed by atoms with Crippen molar-refractivity contribution in [3.63, 3.8) is 0 Å². The predicted octanol–water partition coefficient (Wildman–Crippen LogP) is 4.09. The lowest BCUT2D eigenvalue weighted by atomic mass is 10.0. The van der Waals surface area contributed by atoms with Crippen LogP contribution < -0.4 is 0 Å². The molecule has 0 aromatic rings. The molecule has 0 aliphatic carbocycles. The van der Waals surface area contributed by atoms with Crippen LogP contribution in [0.5, 0.6) is 0 Å². The minimum atomic E-state index is 0.158. The summed E-state index contributed by atoms with van der Waals surface area (Å²) in [5.41, 5.74) is 0. The highest BCUT2D eigenvalue weighted by atomic mass is 16.2. The van der Waals surface area contributed by atoms with Crippen molar-refractivity contribution < 1.29 is 9.59 Å². The van der Waals surface area contributed by atoms with E-state index in [4.69, 9.17) is 0 Å². The molecular weight excluding hydrogens is 300 g/mol. The molecule has 4 heteroatoms. The Balaban J connectivity index is 0.000000240. The molecule has 2 saturated heterocycles. The summed E-state index contributed by atoms with van der Waals surface area (Å²) in [6, 6.07) is 0.933. The topological polar surface area (TPSA) is 40.6 Å². The van der Waals surface area contributed by atoms with Crippen LogP contribution in [0.2, 0.25) is 0 Å². The number of piperidine rings is 2. The zero-order valence-corrected chi connectivity index (χ0v) is 16.7. The maximum absolute atomic E-state index is 11.6. The summed E-state index contributed by atoms with van der Waals surface area (Å²) in [5, 5.41) is 0. The molecular formula is C20H38N2O2. The van der Waals surface area contributed by atoms with Crippen LogP contribution in [0.1, 0.15) is 80.1 Å². The molecule has 2 aliphatic heterocycles. The molecule has 2 heterocycles. The summed E-state index contributed by atoms with van der Waals surface area (Å²) in [4.78, 5) is 27.3. The maximum Gasteiger partial charge on any atom is 0.225 e. The van der Waals surface area contributed by atoms with Crippen molar-refractivity contribution >= 4 is 11.8 Å². The fourth-order valence-corrected chi connectivity index (χ4v) is 3.51. The first-order valence-electron chi connectivity index (χ1n) is 9.86. The van der Waals surface area contributed by atoms with E-state index >= 15 is 0 Å². The van der Waals surface area contributed by atoms with Gasteiger partial charge in [-0.15, -0.1) is 0 Å². The van der Waals surface area contributed by atoms with Gasteiger partial charge in [0.1, 0.15) is 0 Å². The van der Waals surface area contributed by atoms with Crippen LogP contribution in [0.15, 0.2) is 0 Å². The first-order valence-corrected chi connectivity index (χ1v) is 9.86. The maximum atomic E-state index is 11.6. The van der Waals surface area contributed by atoms with E-state index in [1.54, 1.807) is 0 Å². The van der Waals surface area contributed by atoms with E-state index in [0.29, 0.717) is 23.9 Å². The molecule has 0 unspecified atom stereocenters. The molecule has 2 rings (SSSR count). The van der Waals surface area contributed by atoms with Gasteiger partial charge in [0.15, 0.2) is 0 Å². The first kappa shape index (κ1) is 21.0. The second kappa shape index (κ2) is 10.0. The van der Waals surface area contributed by atoms with Crippen molar-refractivity contribution in [2.75, 3.05) is 13.1 Å². The van der Waals surface area contributed by atoms with E-state index in [9.17, 15) is 9.59 Å². The first-order chi connectivity index (χ1) is 11.3. The summed E-state index contributed by atoms with van der Waals surface area (Å²) in [5.74, 6) is 0.959. The summed E-state index contributed by atoms with van der Waals surface area (Å²) < 4.78 is 0. The Morgan fingerprint density at radius 3 is 1.29 bits per heavy atom. The van der Waals surface area contributed by atoms with Gasteiger partial charge in [-0.2, -0.15) is 0 Å². The van der Waals surface area contributed by atoms with Crippen molar-refractivity contribution in [1.82, 2.24) is 9.80 Å². The monoisotopic (exact) mass is 338 g/mol. The largest absolute Gasteiger partial charge is 0.340 e. The van der Waals surface area contributed by atoms with Crippen LogP contribution in [0.25, 0.3) is 0 Å². The zero-order valence-electron chi connectivity index (χ0n) is 16.7. The highest BCUT2D eigenvalue weighted by Gasteiger charge is 2.25. The summed E-state index contributed by atoms with van der Waals surface area (Å²) >= 11 is 0. The third-order valence-electron chi connectivity index (χ3n) is 5.16. The quantitative estimate of drug-likeness (QED) is 0.761. The van der Waals surface area contributed by atoms with Crippen LogP contribution >= 0.6 is 0 Å². The van der Waals surface area contributed by atoms with Gasteiger partial charge >= 0.3 is 0 Å². The average Bonchev–Trinajstić information content (AvgIpc) is 2.55. The number of hydrogen-bond acceptors (Lipinski definition) is 2. The molecule has 2 fully saturated rings. The third kappa shape index (κ3) is 6.10. The van der Waals surface area contributed by atoms with Crippen molar-refractivity contribution in [2.24, 2.45) is 11.8 Å². The molecule has 0 N–H and O–H groups in total. The number of likely N-dealkylation sites (tertiary alicyclic amines) is 2. The second-order valence-electron chi connectivity index (χ2n) is 8.06. The SMILES string of the molecule is CC(C)C(=O)N1CCCC[C@@H]1C.CC(C)C(=O)N1CCCC[C@H]1C. The molecule has 0 saturated carbocycles. The van der Waals surface area contributed by atoms with E-state index in [-0.39, 0.29) is 11.8 Å². The minimum absolute atomic E-state index is 0.158. The molecule has 0 radical (unpaired) electrons. The van der Waals surface area contributed by atoms with E-state index in [0.717, 1.165) is 13.1 Å². The molecule has 2 amide bonds. The molecule has 0 aromatic carbocycles. The lowest BCUT2D eigenvalue weighted by Crippen LogP contribution is -2.43. The van der Waals surface area contributed by atoms with Crippen LogP contribution in [0.4, 0.5) is 0 Å². The molecule has 4 nitrogen and oxygen atoms in total. The Hall–Kier alpha value is -1.06. The van der Waals surface area contributed by atoms with Gasteiger partial charge in [-0.05, 0) is 52.4 Å². The number of hydrogen-bond donors (Lipinski definition) is 0. The van der Waals surface area contributed by atoms with Gasteiger partial charge < -0.3 is 9.80 Å². The van der Waals surface area contributed by atoms with Gasteiger partial charge in [0.25, 0.3) is 0 Å². The highest BCUT2D eigenvalue weighted by Crippen LogP contribution is 2.19. The molecule has 0 bridgehead atoms. The van der Waals surface area contributed by atoms with Crippen molar-refractivity contribution in [1.29, 1.82) is 0 Å². The van der Waals surface area contributed by atoms with Crippen LogP contribution in [-0.2, 0) is 9.59 Å². The van der Waals surface area contributed by atoms with Gasteiger partial charge in [0, 0.05) is 37.0 Å². The van der Waals surface area contributed by atoms with Crippen LogP contribution in [0, 0.1) is 11.8 Å². The highest BCUT2D eigenvalue weighted by molar-refractivity contribution is 5.78. The van der Waals surface area contributed by atoms with Gasteiger partial charge in [-0.25, -0.2) is 0 Å². The molecule has 0 aromatic heterocycles. The van der Waals surface area contributed by atoms with Crippen molar-refractivity contribution in [3.05, 3.63) is 0 Å². The lowest BCUT2D eigenvalue weighted by molar-refractivity contribution is -0.138. The lowest BCUT2D eigenvalue weighted by Gasteiger charge is -2.34. The number of amides is 2. The summed E-state index contributed by atoms with van der Waals surface area (Å²) in [6.07, 6.45) is 7.29. The fraction of sp³-hybridized carbons (Fsp3) is 0.900. The average molecular weight is 339 g/mol. The number of rotatable bonds is 2. The third-order valence-corrected chi connectivity index (χ3v) is 5.16. The molecule has 24 heavy (non-hydrogen) atoms. The molecule has 2 atom stereocenters. The Kier molecular flexibility index (Phi) is 8.79. The minimum Gasteiger partial charge on any atom is -0.340 e. The number of nitrogens with zero attached hydrogens (tertiary/aromatic N) is 2. The Labute approximate surface area is 149 Å². The number of carbonyl (C=O) groups is 2. The smallest absolute Gasteiger partial charge is 0.225 e. The van der Waals surface area contributed by atoms with E-state index in [1.807, 2.05) is 37.5 Å². The van der Waals surface area contributed by atoms with Gasteiger partial charge in [-0.3, -0.25) is 9.59 Å². The second-order valence-corrected chi connectivity index (χ2v) is 8.06. The fourth-order valence-electron chi connectivity index (χ4n) is 3.51. The van der Waals surface area contributed by atoms with E-state index < -0.39 is 0 Å². The zero-order chi connectivity index (χ0) is 18.3. The molecule has 2 aliphatic rings. The van der Waals surface area contributed by atoms with Gasteiger partial charge in [-0.1, -0.05) is 27.7 Å². The Morgan fingerprint density at radius 2 is 1.04 bits per heavy atom. The summed E-state index contributed by atoms with van der Waals surface area (Å²) in [6.45, 7) is 14.1. The van der Waals surface area contributed by atoms with E-state index in [2.05, 4.69) is 13.8 Å². The number of carbonyl (C=O) groups excluding carboxylic acids is 2. The van der Waals surface area contributed by atoms with Gasteiger partial charge in [0.2, 0.25) is 11.8 Å². The molecule has 140 valence electrons. The van der Waals surface area contributed by atoms with Crippen LogP contribution in [0.3, 0.4) is 0 Å². The predicted molar refractivity (Wildman–Crippen MR) is 99.7 cm³/mol. The normalized spacial score (nSPS) is 24.7. The van der Waals surface area contributed by atoms with Crippen molar-refractivity contribution in [3.8, 4) is 0 Å². The van der Waals surface area contributed by atoms with Crippen LogP contribution in [-0.4, -0.2) is 46.8 Å². The summed E-state index contributed by atoms with van der Waals surface area (Å²) in [7, 11) is 0. The molecule has 0 spiro atoms.